The first-order valence-electron chi connectivity index (χ1n) is 5.92. The van der Waals surface area contributed by atoms with Gasteiger partial charge in [-0.25, -0.2) is 9.97 Å². The van der Waals surface area contributed by atoms with Crippen molar-refractivity contribution in [2.24, 2.45) is 0 Å². The van der Waals surface area contributed by atoms with Gasteiger partial charge in [0.2, 0.25) is 0 Å². The third kappa shape index (κ3) is 2.20. The molecule has 0 amide bonds. The van der Waals surface area contributed by atoms with E-state index in [1.807, 2.05) is 37.3 Å². The van der Waals surface area contributed by atoms with Crippen molar-refractivity contribution in [1.82, 2.24) is 15.0 Å². The highest BCUT2D eigenvalue weighted by Gasteiger charge is 2.05. The summed E-state index contributed by atoms with van der Waals surface area (Å²) in [6.07, 6.45) is 2.50. The SMILES string of the molecule is Cc1cc(C=O)nc(-c2ccc3ncccc3c2)n1. The van der Waals surface area contributed by atoms with E-state index in [9.17, 15) is 4.79 Å². The number of benzene rings is 1. The second-order valence-corrected chi connectivity index (χ2v) is 4.29. The van der Waals surface area contributed by atoms with E-state index >= 15 is 0 Å². The topological polar surface area (TPSA) is 55.7 Å². The van der Waals surface area contributed by atoms with E-state index in [4.69, 9.17) is 0 Å². The van der Waals surface area contributed by atoms with E-state index in [0.29, 0.717) is 11.5 Å². The summed E-state index contributed by atoms with van der Waals surface area (Å²) in [4.78, 5) is 23.7. The van der Waals surface area contributed by atoms with E-state index < -0.39 is 0 Å². The highest BCUT2D eigenvalue weighted by Crippen LogP contribution is 2.21. The predicted molar refractivity (Wildman–Crippen MR) is 72.9 cm³/mol. The number of hydrogen-bond donors (Lipinski definition) is 0. The lowest BCUT2D eigenvalue weighted by Crippen LogP contribution is -1.96. The quantitative estimate of drug-likeness (QED) is 0.655. The van der Waals surface area contributed by atoms with Gasteiger partial charge in [-0.2, -0.15) is 0 Å². The number of nitrogens with zero attached hydrogens (tertiary/aromatic N) is 3. The van der Waals surface area contributed by atoms with Crippen molar-refractivity contribution in [3.05, 3.63) is 54.0 Å². The molecule has 0 saturated carbocycles. The number of carbonyl (C=O) groups is 1. The molecule has 4 heteroatoms. The van der Waals surface area contributed by atoms with Gasteiger partial charge < -0.3 is 0 Å². The summed E-state index contributed by atoms with van der Waals surface area (Å²) >= 11 is 0. The van der Waals surface area contributed by atoms with Crippen LogP contribution in [0.5, 0.6) is 0 Å². The number of aromatic nitrogens is 3. The van der Waals surface area contributed by atoms with Gasteiger partial charge in [0.25, 0.3) is 0 Å². The minimum atomic E-state index is 0.397. The van der Waals surface area contributed by atoms with Gasteiger partial charge in [-0.3, -0.25) is 9.78 Å². The molecule has 0 spiro atoms. The first kappa shape index (κ1) is 11.5. The normalized spacial score (nSPS) is 10.6. The smallest absolute Gasteiger partial charge is 0.168 e. The summed E-state index contributed by atoms with van der Waals surface area (Å²) < 4.78 is 0. The van der Waals surface area contributed by atoms with Crippen molar-refractivity contribution in [3.63, 3.8) is 0 Å². The first-order chi connectivity index (χ1) is 9.26. The summed E-state index contributed by atoms with van der Waals surface area (Å²) in [6, 6.07) is 11.4. The molecule has 0 fully saturated rings. The van der Waals surface area contributed by atoms with Gasteiger partial charge in [-0.1, -0.05) is 6.07 Å². The van der Waals surface area contributed by atoms with Crippen molar-refractivity contribution >= 4 is 17.2 Å². The van der Waals surface area contributed by atoms with Crippen molar-refractivity contribution in [2.45, 2.75) is 6.92 Å². The van der Waals surface area contributed by atoms with Crippen LogP contribution in [-0.2, 0) is 0 Å². The van der Waals surface area contributed by atoms with E-state index in [0.717, 1.165) is 28.4 Å². The highest BCUT2D eigenvalue weighted by atomic mass is 16.1. The fourth-order valence-corrected chi connectivity index (χ4v) is 2.00. The molecule has 0 N–H and O–H groups in total. The molecule has 3 rings (SSSR count). The van der Waals surface area contributed by atoms with Crippen molar-refractivity contribution < 1.29 is 4.79 Å². The average molecular weight is 249 g/mol. The second-order valence-electron chi connectivity index (χ2n) is 4.29. The number of rotatable bonds is 2. The van der Waals surface area contributed by atoms with Crippen molar-refractivity contribution in [1.29, 1.82) is 0 Å². The summed E-state index contributed by atoms with van der Waals surface area (Å²) in [5.41, 5.74) is 2.98. The molecule has 2 heterocycles. The third-order valence-corrected chi connectivity index (χ3v) is 2.86. The van der Waals surface area contributed by atoms with E-state index in [1.54, 1.807) is 12.3 Å². The Balaban J connectivity index is 2.18. The standard InChI is InChI=1S/C15H11N3O/c1-10-7-13(9-19)18-15(17-10)12-4-5-14-11(8-12)3-2-6-16-14/h2-9H,1H3. The lowest BCUT2D eigenvalue weighted by Gasteiger charge is -2.04. The molecule has 1 aromatic carbocycles. The molecule has 0 aliphatic heterocycles. The molecule has 92 valence electrons. The molecule has 0 radical (unpaired) electrons. The van der Waals surface area contributed by atoms with Gasteiger partial charge in [0.05, 0.1) is 5.52 Å². The fraction of sp³-hybridized carbons (Fsp3) is 0.0667. The fourth-order valence-electron chi connectivity index (χ4n) is 2.00. The van der Waals surface area contributed by atoms with Crippen LogP contribution < -0.4 is 0 Å². The average Bonchev–Trinajstić information content (AvgIpc) is 2.46. The van der Waals surface area contributed by atoms with Crippen LogP contribution in [0.2, 0.25) is 0 Å². The highest BCUT2D eigenvalue weighted by molar-refractivity contribution is 5.83. The van der Waals surface area contributed by atoms with Gasteiger partial charge in [0, 0.05) is 22.8 Å². The molecule has 0 aliphatic carbocycles. The predicted octanol–water partition coefficient (Wildman–Crippen LogP) is 2.81. The first-order valence-corrected chi connectivity index (χ1v) is 5.92. The van der Waals surface area contributed by atoms with Crippen LogP contribution in [0.4, 0.5) is 0 Å². The van der Waals surface area contributed by atoms with Crippen LogP contribution in [0.15, 0.2) is 42.6 Å². The van der Waals surface area contributed by atoms with E-state index in [-0.39, 0.29) is 0 Å². The van der Waals surface area contributed by atoms with Crippen LogP contribution in [0, 0.1) is 6.92 Å². The summed E-state index contributed by atoms with van der Waals surface area (Å²) in [6.45, 7) is 1.85. The lowest BCUT2D eigenvalue weighted by atomic mass is 10.1. The molecule has 4 nitrogen and oxygen atoms in total. The molecule has 19 heavy (non-hydrogen) atoms. The van der Waals surface area contributed by atoms with Gasteiger partial charge >= 0.3 is 0 Å². The molecule has 0 aliphatic rings. The minimum Gasteiger partial charge on any atom is -0.296 e. The van der Waals surface area contributed by atoms with E-state index in [2.05, 4.69) is 15.0 Å². The number of aldehydes is 1. The number of pyridine rings is 1. The number of aryl methyl sites for hydroxylation is 1. The van der Waals surface area contributed by atoms with Crippen LogP contribution in [-0.4, -0.2) is 21.2 Å². The Hall–Kier alpha value is -2.62. The molecular formula is C15H11N3O. The van der Waals surface area contributed by atoms with E-state index in [1.165, 1.54) is 0 Å². The minimum absolute atomic E-state index is 0.397. The molecule has 3 aromatic rings. The Morgan fingerprint density at radius 2 is 2.00 bits per heavy atom. The maximum Gasteiger partial charge on any atom is 0.168 e. The molecule has 0 saturated heterocycles. The van der Waals surface area contributed by atoms with Crippen LogP contribution >= 0.6 is 0 Å². The van der Waals surface area contributed by atoms with Crippen LogP contribution in [0.1, 0.15) is 16.2 Å². The molecular weight excluding hydrogens is 238 g/mol. The zero-order valence-corrected chi connectivity index (χ0v) is 10.4. The number of carbonyl (C=O) groups excluding carboxylic acids is 1. The van der Waals surface area contributed by atoms with Crippen molar-refractivity contribution in [2.75, 3.05) is 0 Å². The third-order valence-electron chi connectivity index (χ3n) is 2.86. The number of hydrogen-bond acceptors (Lipinski definition) is 4. The summed E-state index contributed by atoms with van der Waals surface area (Å²) in [5, 5.41) is 1.03. The lowest BCUT2D eigenvalue weighted by molar-refractivity contribution is 0.111. The summed E-state index contributed by atoms with van der Waals surface area (Å²) in [7, 11) is 0. The second kappa shape index (κ2) is 4.57. The van der Waals surface area contributed by atoms with Gasteiger partial charge in [0.1, 0.15) is 5.69 Å². The van der Waals surface area contributed by atoms with Gasteiger partial charge in [-0.05, 0) is 37.3 Å². The molecule has 0 bridgehead atoms. The zero-order chi connectivity index (χ0) is 13.2. The zero-order valence-electron chi connectivity index (χ0n) is 10.4. The van der Waals surface area contributed by atoms with Gasteiger partial charge in [-0.15, -0.1) is 0 Å². The van der Waals surface area contributed by atoms with Gasteiger partial charge in [0.15, 0.2) is 12.1 Å². The maximum absolute atomic E-state index is 10.9. The molecule has 0 unspecified atom stereocenters. The molecule has 2 aromatic heterocycles. The summed E-state index contributed by atoms with van der Waals surface area (Å²) in [5.74, 6) is 0.563. The van der Waals surface area contributed by atoms with Crippen molar-refractivity contribution in [3.8, 4) is 11.4 Å². The van der Waals surface area contributed by atoms with Crippen LogP contribution in [0.3, 0.4) is 0 Å². The monoisotopic (exact) mass is 249 g/mol. The molecule has 0 atom stereocenters. The van der Waals surface area contributed by atoms with Crippen LogP contribution in [0.25, 0.3) is 22.3 Å². The maximum atomic E-state index is 10.9. The Morgan fingerprint density at radius 1 is 1.11 bits per heavy atom. The Labute approximate surface area is 110 Å². The Morgan fingerprint density at radius 3 is 2.84 bits per heavy atom. The Kier molecular flexibility index (Phi) is 2.76. The number of fused-ring (bicyclic) bond motifs is 1. The Bertz CT molecular complexity index is 768. The largest absolute Gasteiger partial charge is 0.296 e.